The molecule has 1 aliphatic carbocycles. The summed E-state index contributed by atoms with van der Waals surface area (Å²) in [5.74, 6) is 2.06. The van der Waals surface area contributed by atoms with Crippen LogP contribution in [0.3, 0.4) is 0 Å². The third kappa shape index (κ3) is 8.43. The number of ether oxygens (including phenoxy) is 1. The maximum atomic E-state index is 9.56. The van der Waals surface area contributed by atoms with Crippen molar-refractivity contribution in [2.75, 3.05) is 0 Å². The molecule has 2 aliphatic rings. The number of rotatable bonds is 6. The Hall–Kier alpha value is -9.78. The van der Waals surface area contributed by atoms with E-state index in [1.807, 2.05) is 42.6 Å². The van der Waals surface area contributed by atoms with Crippen LogP contribution in [0, 0.1) is 6.33 Å². The van der Waals surface area contributed by atoms with Crippen molar-refractivity contribution in [3.63, 3.8) is 0 Å². The van der Waals surface area contributed by atoms with Gasteiger partial charge >= 0.3 is 0 Å². The molecule has 0 spiro atoms. The Kier molecular flexibility index (Phi) is 10.6. The number of nitrogens with zero attached hydrogens (tertiary/aromatic N) is 5. The van der Waals surface area contributed by atoms with E-state index in [0.717, 1.165) is 118 Å². The molecular formula is C82H71N5O. The summed E-state index contributed by atoms with van der Waals surface area (Å²) in [7, 11) is 0. The summed E-state index contributed by atoms with van der Waals surface area (Å²) < 4.78 is 62.0. The average molecular weight is 1150 g/mol. The molecule has 1 aliphatic heterocycles. The number of hydrogen-bond donors (Lipinski definition) is 0. The van der Waals surface area contributed by atoms with Crippen molar-refractivity contribution in [3.8, 4) is 78.9 Å². The van der Waals surface area contributed by atoms with Crippen LogP contribution in [-0.2, 0) is 21.7 Å². The second-order valence-electron chi connectivity index (χ2n) is 27.7. The predicted octanol–water partition coefficient (Wildman–Crippen LogP) is 21.0. The minimum Gasteiger partial charge on any atom is -0.458 e. The molecule has 0 saturated heterocycles. The van der Waals surface area contributed by atoms with Gasteiger partial charge in [-0.2, -0.15) is 0 Å². The van der Waals surface area contributed by atoms with E-state index in [2.05, 4.69) is 245 Å². The van der Waals surface area contributed by atoms with E-state index in [4.69, 9.17) is 13.8 Å². The number of fused-ring (bicyclic) bond motifs is 14. The Balaban J connectivity index is 1.02. The molecule has 88 heavy (non-hydrogen) atoms. The molecule has 6 nitrogen and oxygen atoms in total. The fourth-order valence-electron chi connectivity index (χ4n) is 14.3. The fraction of sp³-hybridized carbons (Fsp3) is 0.195. The van der Waals surface area contributed by atoms with E-state index in [1.165, 1.54) is 22.3 Å². The smallest absolute Gasteiger partial charge is 0.269 e. The highest BCUT2D eigenvalue weighted by Gasteiger charge is 2.40. The van der Waals surface area contributed by atoms with Crippen molar-refractivity contribution in [1.29, 1.82) is 0 Å². The Labute approximate surface area is 522 Å². The van der Waals surface area contributed by atoms with Crippen LogP contribution in [0.5, 0.6) is 11.5 Å². The first-order valence-corrected chi connectivity index (χ1v) is 30.8. The maximum absolute atomic E-state index is 9.56. The monoisotopic (exact) mass is 1150 g/mol. The van der Waals surface area contributed by atoms with Crippen molar-refractivity contribution < 1.29 is 16.2 Å². The molecular weight excluding hydrogens is 1070 g/mol. The van der Waals surface area contributed by atoms with E-state index >= 15 is 0 Å². The SMILES string of the molecule is [2H]c1c([2H])c([2H])c(-c2cc3c4c(c2)n(-c2cccc(Oc5ccc6c7ccccc7n(-c7cc(C(C)(C)C)ccn7)c6c5)c2)[c-][n+]4-c2c(cc(C(C)(C)C)cc2-n2c4ccccc4c4ccccc42)-c2cc4c(cc2-c2ccccc2-3)C(C)(C)CCC4(C)C)c([2H])c1[2H]. The number of imidazole rings is 1. The van der Waals surface area contributed by atoms with Gasteiger partial charge in [0.2, 0.25) is 0 Å². The number of benzene rings is 10. The predicted molar refractivity (Wildman–Crippen MR) is 365 cm³/mol. The van der Waals surface area contributed by atoms with Crippen LogP contribution in [0.25, 0.3) is 122 Å². The van der Waals surface area contributed by atoms with E-state index in [9.17, 15) is 2.74 Å². The third-order valence-corrected chi connectivity index (χ3v) is 19.1. The minimum atomic E-state index is -0.445. The Bertz CT molecular complexity index is 5450. The molecule has 0 fully saturated rings. The first-order chi connectivity index (χ1) is 44.4. The van der Waals surface area contributed by atoms with Crippen LogP contribution in [0.15, 0.2) is 224 Å². The first-order valence-electron chi connectivity index (χ1n) is 33.3. The lowest BCUT2D eigenvalue weighted by atomic mass is 9.62. The van der Waals surface area contributed by atoms with Crippen molar-refractivity contribution >= 4 is 54.6 Å². The van der Waals surface area contributed by atoms with Crippen LogP contribution in [0.4, 0.5) is 0 Å². The van der Waals surface area contributed by atoms with E-state index in [1.54, 1.807) is 0 Å². The molecule has 10 aromatic carbocycles. The van der Waals surface area contributed by atoms with Crippen LogP contribution in [0.2, 0.25) is 0 Å². The first kappa shape index (κ1) is 48.3. The van der Waals surface area contributed by atoms with Crippen molar-refractivity contribution in [1.82, 2.24) is 18.7 Å². The highest BCUT2D eigenvalue weighted by molar-refractivity contribution is 6.11. The van der Waals surface area contributed by atoms with Gasteiger partial charge in [-0.15, -0.1) is 0 Å². The number of hydrogen-bond acceptors (Lipinski definition) is 2. The summed E-state index contributed by atoms with van der Waals surface area (Å²) in [6, 6.07) is 65.1. The van der Waals surface area contributed by atoms with Crippen LogP contribution < -0.4 is 9.30 Å². The summed E-state index contributed by atoms with van der Waals surface area (Å²) in [6.07, 6.45) is 8.04. The molecule has 0 bridgehead atoms. The molecule has 430 valence electrons. The van der Waals surface area contributed by atoms with E-state index in [-0.39, 0.29) is 39.3 Å². The summed E-state index contributed by atoms with van der Waals surface area (Å²) >= 11 is 0. The van der Waals surface area contributed by atoms with Crippen molar-refractivity contribution in [3.05, 3.63) is 253 Å². The molecule has 0 atom stereocenters. The van der Waals surface area contributed by atoms with Gasteiger partial charge in [0.05, 0.1) is 57.0 Å². The van der Waals surface area contributed by atoms with Gasteiger partial charge in [-0.25, -0.2) is 4.98 Å². The number of pyridine rings is 1. The highest BCUT2D eigenvalue weighted by Crippen LogP contribution is 2.53. The second-order valence-corrected chi connectivity index (χ2v) is 27.7. The van der Waals surface area contributed by atoms with Crippen LogP contribution in [0.1, 0.15) is 111 Å². The lowest BCUT2D eigenvalue weighted by Crippen LogP contribution is -2.34. The topological polar surface area (TPSA) is 40.8 Å². The molecule has 4 aromatic heterocycles. The highest BCUT2D eigenvalue weighted by atomic mass is 16.5. The summed E-state index contributed by atoms with van der Waals surface area (Å²) in [6.45, 7) is 23.1. The molecule has 0 amide bonds. The fourth-order valence-corrected chi connectivity index (χ4v) is 14.3. The summed E-state index contributed by atoms with van der Waals surface area (Å²) in [5, 5.41) is 4.48. The lowest BCUT2D eigenvalue weighted by Gasteiger charge is -2.42. The maximum Gasteiger partial charge on any atom is 0.269 e. The van der Waals surface area contributed by atoms with Gasteiger partial charge < -0.3 is 9.30 Å². The number of para-hydroxylation sites is 3. The number of aromatic nitrogens is 5. The average Bonchev–Trinajstić information content (AvgIpc) is 1.61. The zero-order valence-electron chi connectivity index (χ0n) is 56.5. The van der Waals surface area contributed by atoms with Gasteiger partial charge in [0.25, 0.3) is 6.33 Å². The molecule has 0 N–H and O–H groups in total. The zero-order valence-corrected chi connectivity index (χ0v) is 51.5. The van der Waals surface area contributed by atoms with E-state index < -0.39 is 18.1 Å². The molecule has 0 unspecified atom stereocenters. The van der Waals surface area contributed by atoms with E-state index in [0.29, 0.717) is 22.6 Å². The second kappa shape index (κ2) is 19.4. The molecule has 14 aromatic rings. The largest absolute Gasteiger partial charge is 0.458 e. The minimum absolute atomic E-state index is 0.0889. The zero-order chi connectivity index (χ0) is 64.5. The van der Waals surface area contributed by atoms with Gasteiger partial charge in [-0.3, -0.25) is 13.7 Å². The molecule has 16 rings (SSSR count). The van der Waals surface area contributed by atoms with Gasteiger partial charge in [0, 0.05) is 33.8 Å². The quantitative estimate of drug-likeness (QED) is 0.123. The van der Waals surface area contributed by atoms with Crippen molar-refractivity contribution in [2.45, 2.75) is 104 Å². The van der Waals surface area contributed by atoms with Gasteiger partial charge in [-0.05, 0) is 180 Å². The van der Waals surface area contributed by atoms with Gasteiger partial charge in [0.15, 0.2) is 0 Å². The summed E-state index contributed by atoms with van der Waals surface area (Å²) in [4.78, 5) is 4.96. The standard InChI is InChI=1S/C82H71N5O/c1-79(2,3)53-37-40-83-76(45-53)87-72-34-21-18-31-62(72)63-36-35-57(47-73(63)87)88-56-26-22-25-55(46-56)84-50-85-77-66(41-52(42-74(77)84)51-23-12-11-13-24-51)59-28-15-14-27-58(59)64-48-68-69(82(9,10)39-38-81(68,7)8)49-65(64)67-43-54(80(4,5)6)44-75(78(67)85)86-70-32-19-16-29-60(70)61-30-17-20-33-71(61)86/h11-37,40-49H,38-39H2,1-10H3/i11D,12D,13D,23D,24D. The normalized spacial score (nSPS) is 15.1. The molecule has 0 saturated carbocycles. The Morgan fingerprint density at radius 1 is 0.477 bits per heavy atom. The molecule has 0 radical (unpaired) electrons. The molecule has 5 heterocycles. The van der Waals surface area contributed by atoms with Gasteiger partial charge in [-0.1, -0.05) is 203 Å². The summed E-state index contributed by atoms with van der Waals surface area (Å²) in [5.41, 5.74) is 19.2. The Morgan fingerprint density at radius 3 is 1.70 bits per heavy atom. The van der Waals surface area contributed by atoms with Gasteiger partial charge in [0.1, 0.15) is 17.3 Å². The lowest BCUT2D eigenvalue weighted by molar-refractivity contribution is -0.571. The van der Waals surface area contributed by atoms with Crippen LogP contribution in [-0.4, -0.2) is 18.7 Å². The molecule has 6 heteroatoms. The van der Waals surface area contributed by atoms with Crippen LogP contribution >= 0.6 is 0 Å². The van der Waals surface area contributed by atoms with Crippen molar-refractivity contribution in [2.24, 2.45) is 0 Å². The Morgan fingerprint density at radius 2 is 1.06 bits per heavy atom. The third-order valence-electron chi connectivity index (χ3n) is 19.1.